The first kappa shape index (κ1) is 21.3. The molecule has 0 unspecified atom stereocenters. The molecule has 1 aliphatic carbocycles. The van der Waals surface area contributed by atoms with Crippen LogP contribution in [0.3, 0.4) is 0 Å². The molecule has 1 amide bonds. The number of rotatable bonds is 5. The minimum Gasteiger partial charge on any atom is -0.337 e. The molecule has 7 rings (SSSR count). The first-order valence-corrected chi connectivity index (χ1v) is 12.1. The fourth-order valence-corrected chi connectivity index (χ4v) is 4.59. The van der Waals surface area contributed by atoms with E-state index in [0.717, 1.165) is 63.8 Å². The second-order valence-corrected chi connectivity index (χ2v) is 9.16. The smallest absolute Gasteiger partial charge is 0.227 e. The van der Waals surface area contributed by atoms with Crippen LogP contribution in [0.1, 0.15) is 19.3 Å². The van der Waals surface area contributed by atoms with E-state index >= 15 is 0 Å². The second kappa shape index (κ2) is 8.59. The van der Waals surface area contributed by atoms with Crippen molar-refractivity contribution in [3.8, 4) is 33.9 Å². The van der Waals surface area contributed by atoms with E-state index in [0.29, 0.717) is 17.2 Å². The number of nitrogens with zero attached hydrogens (tertiary/aromatic N) is 6. The minimum absolute atomic E-state index is 0.0564. The molecule has 6 aromatic rings. The van der Waals surface area contributed by atoms with Gasteiger partial charge in [0.05, 0.1) is 28.5 Å². The monoisotopic (exact) mass is 487 g/mol. The number of aromatic amines is 2. The number of aromatic nitrogens is 8. The number of pyridine rings is 4. The quantitative estimate of drug-likeness (QED) is 0.319. The van der Waals surface area contributed by atoms with E-state index in [1.807, 2.05) is 30.3 Å². The van der Waals surface area contributed by atoms with Crippen LogP contribution in [0.2, 0.25) is 0 Å². The summed E-state index contributed by atoms with van der Waals surface area (Å²) >= 11 is 0. The van der Waals surface area contributed by atoms with Gasteiger partial charge in [-0.15, -0.1) is 0 Å². The Kier molecular flexibility index (Phi) is 4.95. The fraction of sp³-hybridized carbons (Fsp3) is 0.148. The molecule has 1 aliphatic rings. The van der Waals surface area contributed by atoms with Crippen molar-refractivity contribution in [1.29, 1.82) is 0 Å². The lowest BCUT2D eigenvalue weighted by molar-refractivity contribution is -0.122. The summed E-state index contributed by atoms with van der Waals surface area (Å²) in [6, 6.07) is 9.65. The van der Waals surface area contributed by atoms with Crippen molar-refractivity contribution >= 4 is 33.7 Å². The fourth-order valence-electron chi connectivity index (χ4n) is 4.59. The summed E-state index contributed by atoms with van der Waals surface area (Å²) in [7, 11) is 0. The first-order valence-electron chi connectivity index (χ1n) is 12.1. The van der Waals surface area contributed by atoms with Crippen molar-refractivity contribution < 1.29 is 4.79 Å². The molecule has 37 heavy (non-hydrogen) atoms. The molecule has 6 aromatic heterocycles. The maximum absolute atomic E-state index is 12.4. The zero-order valence-corrected chi connectivity index (χ0v) is 19.6. The van der Waals surface area contributed by atoms with Gasteiger partial charge in [-0.2, -0.15) is 5.10 Å². The predicted octanol–water partition coefficient (Wildman–Crippen LogP) is 4.76. The third kappa shape index (κ3) is 3.79. The molecule has 0 bridgehead atoms. The number of carbonyl (C=O) groups is 1. The lowest BCUT2D eigenvalue weighted by atomic mass is 9.85. The van der Waals surface area contributed by atoms with Crippen molar-refractivity contribution in [2.24, 2.45) is 5.92 Å². The van der Waals surface area contributed by atoms with Crippen molar-refractivity contribution in [3.05, 3.63) is 67.5 Å². The third-order valence-corrected chi connectivity index (χ3v) is 6.80. The third-order valence-electron chi connectivity index (χ3n) is 6.80. The van der Waals surface area contributed by atoms with Gasteiger partial charge >= 0.3 is 0 Å². The maximum Gasteiger partial charge on any atom is 0.227 e. The molecule has 10 nitrogen and oxygen atoms in total. The largest absolute Gasteiger partial charge is 0.337 e. The molecule has 0 radical (unpaired) electrons. The van der Waals surface area contributed by atoms with E-state index in [4.69, 9.17) is 4.98 Å². The Morgan fingerprint density at radius 1 is 0.946 bits per heavy atom. The molecular weight excluding hydrogens is 466 g/mol. The molecule has 180 valence electrons. The van der Waals surface area contributed by atoms with Crippen LogP contribution in [-0.4, -0.2) is 46.0 Å². The van der Waals surface area contributed by atoms with E-state index in [2.05, 4.69) is 40.4 Å². The van der Waals surface area contributed by atoms with Gasteiger partial charge in [-0.25, -0.2) is 9.97 Å². The Balaban J connectivity index is 1.26. The number of hydrogen-bond acceptors (Lipinski definition) is 7. The Labute approximate surface area is 210 Å². The molecule has 1 saturated carbocycles. The van der Waals surface area contributed by atoms with Crippen LogP contribution in [-0.2, 0) is 4.79 Å². The van der Waals surface area contributed by atoms with Crippen LogP contribution in [0.5, 0.6) is 0 Å². The van der Waals surface area contributed by atoms with Crippen LogP contribution in [0, 0.1) is 5.92 Å². The average molecular weight is 488 g/mol. The summed E-state index contributed by atoms with van der Waals surface area (Å²) in [4.78, 5) is 38.3. The number of imidazole rings is 1. The number of H-pyrrole nitrogens is 2. The zero-order valence-electron chi connectivity index (χ0n) is 19.6. The molecule has 0 aliphatic heterocycles. The lowest BCUT2D eigenvalue weighted by Gasteiger charge is -2.24. The minimum atomic E-state index is 0.0564. The molecule has 0 atom stereocenters. The summed E-state index contributed by atoms with van der Waals surface area (Å²) in [6.07, 6.45) is 13.4. The molecule has 10 heteroatoms. The van der Waals surface area contributed by atoms with E-state index in [9.17, 15) is 4.79 Å². The first-order chi connectivity index (χ1) is 18.2. The number of anilines is 1. The van der Waals surface area contributed by atoms with Gasteiger partial charge < -0.3 is 10.3 Å². The van der Waals surface area contributed by atoms with Gasteiger partial charge in [0.2, 0.25) is 5.91 Å². The van der Waals surface area contributed by atoms with Gasteiger partial charge in [0.1, 0.15) is 11.2 Å². The van der Waals surface area contributed by atoms with Gasteiger partial charge in [0, 0.05) is 53.6 Å². The molecular formula is C27H21N9O. The van der Waals surface area contributed by atoms with Gasteiger partial charge in [0.25, 0.3) is 0 Å². The summed E-state index contributed by atoms with van der Waals surface area (Å²) in [6.45, 7) is 0. The molecule has 0 aromatic carbocycles. The van der Waals surface area contributed by atoms with Crippen LogP contribution < -0.4 is 5.32 Å². The SMILES string of the molecule is O=C(Nc1cncc(-c2cnc3n[nH]c(-c4nc5c(-c6cccnc6)nccc5[nH]4)c3c2)c1)C1CCC1. The van der Waals surface area contributed by atoms with Gasteiger partial charge in [0.15, 0.2) is 11.5 Å². The van der Waals surface area contributed by atoms with Crippen LogP contribution >= 0.6 is 0 Å². The zero-order chi connectivity index (χ0) is 24.8. The van der Waals surface area contributed by atoms with Crippen LogP contribution in [0.15, 0.2) is 67.5 Å². The Hall–Kier alpha value is -4.99. The number of nitrogens with one attached hydrogen (secondary N) is 3. The summed E-state index contributed by atoms with van der Waals surface area (Å²) in [5.41, 5.74) is 6.92. The normalized spacial score (nSPS) is 13.6. The second-order valence-electron chi connectivity index (χ2n) is 9.16. The number of amides is 1. The molecule has 3 N–H and O–H groups in total. The summed E-state index contributed by atoms with van der Waals surface area (Å²) in [5, 5.41) is 11.3. The predicted molar refractivity (Wildman–Crippen MR) is 139 cm³/mol. The highest BCUT2D eigenvalue weighted by atomic mass is 16.1. The van der Waals surface area contributed by atoms with Crippen molar-refractivity contribution in [2.75, 3.05) is 5.32 Å². The van der Waals surface area contributed by atoms with Crippen LogP contribution in [0.4, 0.5) is 5.69 Å². The van der Waals surface area contributed by atoms with E-state index in [-0.39, 0.29) is 11.8 Å². The van der Waals surface area contributed by atoms with Crippen LogP contribution in [0.25, 0.3) is 56.0 Å². The summed E-state index contributed by atoms with van der Waals surface area (Å²) < 4.78 is 0. The van der Waals surface area contributed by atoms with Crippen molar-refractivity contribution in [2.45, 2.75) is 19.3 Å². The number of carbonyl (C=O) groups excluding carboxylic acids is 1. The van der Waals surface area contributed by atoms with Gasteiger partial charge in [-0.3, -0.25) is 24.8 Å². The Morgan fingerprint density at radius 2 is 1.84 bits per heavy atom. The van der Waals surface area contributed by atoms with E-state index in [1.54, 1.807) is 37.2 Å². The number of hydrogen-bond donors (Lipinski definition) is 3. The number of fused-ring (bicyclic) bond motifs is 2. The van der Waals surface area contributed by atoms with Gasteiger partial charge in [-0.1, -0.05) is 6.42 Å². The Bertz CT molecular complexity index is 1770. The van der Waals surface area contributed by atoms with Gasteiger partial charge in [-0.05, 0) is 43.2 Å². The molecule has 1 fully saturated rings. The highest BCUT2D eigenvalue weighted by molar-refractivity contribution is 5.97. The standard InChI is InChI=1S/C27H21N9O/c37-27(15-3-1-4-15)32-19-9-17(12-29-14-19)18-10-20-23(35-36-25(20)31-13-18)26-33-21-6-8-30-22(24(21)34-26)16-5-2-7-28-11-16/h2,5-15H,1,3-4H2,(H,32,37)(H,33,34)(H,31,35,36). The lowest BCUT2D eigenvalue weighted by Crippen LogP contribution is -2.28. The summed E-state index contributed by atoms with van der Waals surface area (Å²) in [5.74, 6) is 0.794. The van der Waals surface area contributed by atoms with Crippen molar-refractivity contribution in [3.63, 3.8) is 0 Å². The average Bonchev–Trinajstić information content (AvgIpc) is 3.52. The molecule has 0 saturated heterocycles. The highest BCUT2D eigenvalue weighted by Gasteiger charge is 2.25. The van der Waals surface area contributed by atoms with E-state index < -0.39 is 0 Å². The van der Waals surface area contributed by atoms with E-state index in [1.165, 1.54) is 0 Å². The van der Waals surface area contributed by atoms with Crippen molar-refractivity contribution in [1.82, 2.24) is 40.1 Å². The maximum atomic E-state index is 12.4. The Morgan fingerprint density at radius 3 is 2.68 bits per heavy atom. The topological polar surface area (TPSA) is 138 Å². The highest BCUT2D eigenvalue weighted by Crippen LogP contribution is 2.32. The molecule has 0 spiro atoms. The molecule has 6 heterocycles.